The number of hydrogen-bond donors (Lipinski definition) is 1. The summed E-state index contributed by atoms with van der Waals surface area (Å²) in [5.74, 6) is 1.37. The maximum Gasteiger partial charge on any atom is 0.137 e. The summed E-state index contributed by atoms with van der Waals surface area (Å²) < 4.78 is 10.7. The van der Waals surface area contributed by atoms with Gasteiger partial charge in [-0.05, 0) is 49.8 Å². The molecule has 2 rings (SSSR count). The van der Waals surface area contributed by atoms with Crippen molar-refractivity contribution in [3.05, 3.63) is 28.8 Å². The molecule has 106 valence electrons. The SMILES string of the molecule is CCOC1CC(CC(N)c2ccc(OC)c(Cl)c2)C1. The van der Waals surface area contributed by atoms with Crippen molar-refractivity contribution in [3.63, 3.8) is 0 Å². The van der Waals surface area contributed by atoms with Crippen LogP contribution < -0.4 is 10.5 Å². The Hall–Kier alpha value is -0.770. The lowest BCUT2D eigenvalue weighted by atomic mass is 9.77. The summed E-state index contributed by atoms with van der Waals surface area (Å²) in [5, 5.41) is 0.622. The number of hydrogen-bond acceptors (Lipinski definition) is 3. The zero-order valence-corrected chi connectivity index (χ0v) is 12.3. The van der Waals surface area contributed by atoms with Gasteiger partial charge in [0.2, 0.25) is 0 Å². The van der Waals surface area contributed by atoms with Crippen LogP contribution >= 0.6 is 11.6 Å². The Balaban J connectivity index is 1.87. The van der Waals surface area contributed by atoms with Gasteiger partial charge in [0.1, 0.15) is 5.75 Å². The molecule has 0 aliphatic heterocycles. The molecular formula is C15H22ClNO2. The summed E-state index contributed by atoms with van der Waals surface area (Å²) in [5.41, 5.74) is 7.32. The quantitative estimate of drug-likeness (QED) is 0.868. The molecule has 1 aliphatic carbocycles. The molecule has 0 spiro atoms. The fourth-order valence-corrected chi connectivity index (χ4v) is 2.91. The topological polar surface area (TPSA) is 44.5 Å². The van der Waals surface area contributed by atoms with E-state index in [1.807, 2.05) is 25.1 Å². The van der Waals surface area contributed by atoms with Crippen molar-refractivity contribution in [2.24, 2.45) is 11.7 Å². The van der Waals surface area contributed by atoms with E-state index in [1.54, 1.807) is 7.11 Å². The molecule has 0 bridgehead atoms. The van der Waals surface area contributed by atoms with E-state index in [2.05, 4.69) is 0 Å². The number of methoxy groups -OCH3 is 1. The van der Waals surface area contributed by atoms with Crippen molar-refractivity contribution in [1.29, 1.82) is 0 Å². The Labute approximate surface area is 120 Å². The van der Waals surface area contributed by atoms with Gasteiger partial charge in [-0.25, -0.2) is 0 Å². The summed E-state index contributed by atoms with van der Waals surface area (Å²) in [6, 6.07) is 5.81. The van der Waals surface area contributed by atoms with E-state index in [4.69, 9.17) is 26.8 Å². The van der Waals surface area contributed by atoms with Gasteiger partial charge in [0, 0.05) is 12.6 Å². The van der Waals surface area contributed by atoms with Gasteiger partial charge in [-0.15, -0.1) is 0 Å². The Morgan fingerprint density at radius 2 is 2.16 bits per heavy atom. The average Bonchev–Trinajstić information content (AvgIpc) is 2.36. The predicted molar refractivity (Wildman–Crippen MR) is 77.7 cm³/mol. The van der Waals surface area contributed by atoms with Gasteiger partial charge < -0.3 is 15.2 Å². The predicted octanol–water partition coefficient (Wildman–Crippen LogP) is 3.55. The highest BCUT2D eigenvalue weighted by molar-refractivity contribution is 6.32. The van der Waals surface area contributed by atoms with Crippen LogP contribution in [0.3, 0.4) is 0 Å². The summed E-state index contributed by atoms with van der Waals surface area (Å²) in [4.78, 5) is 0. The molecule has 1 aromatic carbocycles. The molecule has 0 radical (unpaired) electrons. The fourth-order valence-electron chi connectivity index (χ4n) is 2.65. The van der Waals surface area contributed by atoms with E-state index in [1.165, 1.54) is 0 Å². The van der Waals surface area contributed by atoms with Gasteiger partial charge in [0.05, 0.1) is 18.2 Å². The first-order valence-corrected chi connectivity index (χ1v) is 7.22. The first kappa shape index (κ1) is 14.6. The van der Waals surface area contributed by atoms with E-state index in [-0.39, 0.29) is 6.04 Å². The van der Waals surface area contributed by atoms with Crippen molar-refractivity contribution in [2.45, 2.75) is 38.3 Å². The minimum atomic E-state index is 0.0379. The van der Waals surface area contributed by atoms with Crippen LogP contribution in [-0.4, -0.2) is 19.8 Å². The Morgan fingerprint density at radius 1 is 1.42 bits per heavy atom. The van der Waals surface area contributed by atoms with Crippen LogP contribution in [0, 0.1) is 5.92 Å². The van der Waals surface area contributed by atoms with Crippen molar-refractivity contribution in [2.75, 3.05) is 13.7 Å². The highest BCUT2D eigenvalue weighted by Gasteiger charge is 2.30. The van der Waals surface area contributed by atoms with Gasteiger partial charge in [0.15, 0.2) is 0 Å². The summed E-state index contributed by atoms with van der Waals surface area (Å²) in [6.07, 6.45) is 3.70. The first-order chi connectivity index (χ1) is 9.13. The van der Waals surface area contributed by atoms with E-state index in [0.717, 1.165) is 31.4 Å². The van der Waals surface area contributed by atoms with Crippen molar-refractivity contribution in [3.8, 4) is 5.75 Å². The zero-order valence-electron chi connectivity index (χ0n) is 11.6. The standard InChI is InChI=1S/C15H22ClNO2/c1-3-19-12-6-10(7-12)8-14(17)11-4-5-15(18-2)13(16)9-11/h4-5,9-10,12,14H,3,6-8,17H2,1-2H3. The number of rotatable bonds is 6. The molecule has 0 heterocycles. The second-order valence-electron chi connectivity index (χ2n) is 5.15. The molecule has 1 fully saturated rings. The van der Waals surface area contributed by atoms with Gasteiger partial charge in [-0.2, -0.15) is 0 Å². The lowest BCUT2D eigenvalue weighted by Crippen LogP contribution is -2.33. The lowest BCUT2D eigenvalue weighted by molar-refractivity contribution is -0.0282. The van der Waals surface area contributed by atoms with E-state index in [9.17, 15) is 0 Å². The van der Waals surface area contributed by atoms with E-state index in [0.29, 0.717) is 22.8 Å². The van der Waals surface area contributed by atoms with Crippen LogP contribution in [-0.2, 0) is 4.74 Å². The molecule has 19 heavy (non-hydrogen) atoms. The van der Waals surface area contributed by atoms with E-state index < -0.39 is 0 Å². The molecular weight excluding hydrogens is 262 g/mol. The first-order valence-electron chi connectivity index (χ1n) is 6.84. The second kappa shape index (κ2) is 6.60. The molecule has 0 saturated heterocycles. The number of ether oxygens (including phenoxy) is 2. The van der Waals surface area contributed by atoms with Crippen molar-refractivity contribution >= 4 is 11.6 Å². The normalized spacial score (nSPS) is 23.8. The smallest absolute Gasteiger partial charge is 0.137 e. The van der Waals surface area contributed by atoms with Gasteiger partial charge in [-0.1, -0.05) is 17.7 Å². The monoisotopic (exact) mass is 283 g/mol. The molecule has 0 aromatic heterocycles. The molecule has 4 heteroatoms. The Morgan fingerprint density at radius 3 is 2.74 bits per heavy atom. The van der Waals surface area contributed by atoms with E-state index >= 15 is 0 Å². The third-order valence-corrected chi connectivity index (χ3v) is 4.08. The second-order valence-corrected chi connectivity index (χ2v) is 5.56. The van der Waals surface area contributed by atoms with Gasteiger partial charge >= 0.3 is 0 Å². The molecule has 1 unspecified atom stereocenters. The maximum absolute atomic E-state index is 6.24. The van der Waals surface area contributed by atoms with Crippen molar-refractivity contribution in [1.82, 2.24) is 0 Å². The summed E-state index contributed by atoms with van der Waals surface area (Å²) in [7, 11) is 1.61. The van der Waals surface area contributed by atoms with Gasteiger partial charge in [-0.3, -0.25) is 0 Å². The number of benzene rings is 1. The number of halogens is 1. The van der Waals surface area contributed by atoms with Crippen LogP contribution in [0.1, 0.15) is 37.8 Å². The number of nitrogens with two attached hydrogens (primary N) is 1. The van der Waals surface area contributed by atoms with Crippen molar-refractivity contribution < 1.29 is 9.47 Å². The lowest BCUT2D eigenvalue weighted by Gasteiger charge is -2.36. The Bertz CT molecular complexity index is 419. The maximum atomic E-state index is 6.24. The third-order valence-electron chi connectivity index (χ3n) is 3.79. The molecule has 1 aliphatic rings. The largest absolute Gasteiger partial charge is 0.495 e. The zero-order chi connectivity index (χ0) is 13.8. The van der Waals surface area contributed by atoms with Crippen LogP contribution in [0.4, 0.5) is 0 Å². The van der Waals surface area contributed by atoms with Crippen LogP contribution in [0.15, 0.2) is 18.2 Å². The molecule has 1 saturated carbocycles. The molecule has 1 atom stereocenters. The average molecular weight is 284 g/mol. The minimum Gasteiger partial charge on any atom is -0.495 e. The van der Waals surface area contributed by atoms with Crippen LogP contribution in [0.5, 0.6) is 5.75 Å². The molecule has 0 amide bonds. The molecule has 3 nitrogen and oxygen atoms in total. The molecule has 2 N–H and O–H groups in total. The van der Waals surface area contributed by atoms with Crippen LogP contribution in [0.25, 0.3) is 0 Å². The molecule has 1 aromatic rings. The highest BCUT2D eigenvalue weighted by Crippen LogP contribution is 2.37. The minimum absolute atomic E-state index is 0.0379. The summed E-state index contributed by atoms with van der Waals surface area (Å²) >= 11 is 6.12. The fraction of sp³-hybridized carbons (Fsp3) is 0.600. The third kappa shape index (κ3) is 3.62. The van der Waals surface area contributed by atoms with Crippen LogP contribution in [0.2, 0.25) is 5.02 Å². The highest BCUT2D eigenvalue weighted by atomic mass is 35.5. The van der Waals surface area contributed by atoms with Gasteiger partial charge in [0.25, 0.3) is 0 Å². The summed E-state index contributed by atoms with van der Waals surface area (Å²) in [6.45, 7) is 2.84. The Kier molecular flexibility index (Phi) is 5.08.